The number of hydrogen-bond donors (Lipinski definition) is 2. The van der Waals surface area contributed by atoms with Crippen LogP contribution in [0, 0.1) is 5.92 Å². The van der Waals surface area contributed by atoms with Crippen LogP contribution in [-0.4, -0.2) is 26.0 Å². The van der Waals surface area contributed by atoms with Gasteiger partial charge in [0, 0.05) is 13.5 Å². The van der Waals surface area contributed by atoms with Crippen molar-refractivity contribution < 1.29 is 4.79 Å². The molecule has 1 aliphatic heterocycles. The standard InChI is InChI=1S/C11H22N2O/c1-12-11(14)7-4-6-10-5-2-3-8-13-9-10/h10,13H,2-9H2,1H3,(H,12,14). The molecule has 14 heavy (non-hydrogen) atoms. The van der Waals surface area contributed by atoms with Crippen LogP contribution in [-0.2, 0) is 4.79 Å². The van der Waals surface area contributed by atoms with E-state index in [1.165, 1.54) is 32.2 Å². The van der Waals surface area contributed by atoms with Crippen molar-refractivity contribution in [2.75, 3.05) is 20.1 Å². The van der Waals surface area contributed by atoms with Crippen molar-refractivity contribution in [1.82, 2.24) is 10.6 Å². The Kier molecular flexibility index (Phi) is 5.60. The van der Waals surface area contributed by atoms with Gasteiger partial charge in [-0.05, 0) is 44.7 Å². The molecular weight excluding hydrogens is 176 g/mol. The zero-order valence-electron chi connectivity index (χ0n) is 9.14. The summed E-state index contributed by atoms with van der Waals surface area (Å²) in [4.78, 5) is 11.0. The highest BCUT2D eigenvalue weighted by molar-refractivity contribution is 5.75. The first-order valence-electron chi connectivity index (χ1n) is 5.74. The van der Waals surface area contributed by atoms with Crippen LogP contribution in [0.4, 0.5) is 0 Å². The lowest BCUT2D eigenvalue weighted by atomic mass is 9.97. The summed E-state index contributed by atoms with van der Waals surface area (Å²) in [5, 5.41) is 6.11. The summed E-state index contributed by atoms with van der Waals surface area (Å²) in [5.74, 6) is 0.966. The molecule has 0 spiro atoms. The van der Waals surface area contributed by atoms with Crippen molar-refractivity contribution >= 4 is 5.91 Å². The Morgan fingerprint density at radius 2 is 2.36 bits per heavy atom. The fraction of sp³-hybridized carbons (Fsp3) is 0.909. The van der Waals surface area contributed by atoms with Gasteiger partial charge in [-0.3, -0.25) is 4.79 Å². The predicted octanol–water partition coefficient (Wildman–Crippen LogP) is 1.29. The van der Waals surface area contributed by atoms with Gasteiger partial charge < -0.3 is 10.6 Å². The fourth-order valence-corrected chi connectivity index (χ4v) is 2.01. The van der Waals surface area contributed by atoms with Crippen LogP contribution in [0.15, 0.2) is 0 Å². The van der Waals surface area contributed by atoms with E-state index in [9.17, 15) is 4.79 Å². The molecule has 1 unspecified atom stereocenters. The van der Waals surface area contributed by atoms with Crippen LogP contribution in [0.3, 0.4) is 0 Å². The molecule has 0 aromatic rings. The van der Waals surface area contributed by atoms with Crippen LogP contribution < -0.4 is 10.6 Å². The van der Waals surface area contributed by atoms with Gasteiger partial charge in [0.05, 0.1) is 0 Å². The second-order valence-electron chi connectivity index (χ2n) is 4.13. The summed E-state index contributed by atoms with van der Waals surface area (Å²) in [6.07, 6.45) is 6.91. The van der Waals surface area contributed by atoms with E-state index in [1.807, 2.05) is 0 Å². The Balaban J connectivity index is 2.07. The van der Waals surface area contributed by atoms with Gasteiger partial charge in [-0.2, -0.15) is 0 Å². The lowest BCUT2D eigenvalue weighted by molar-refractivity contribution is -0.120. The van der Waals surface area contributed by atoms with Crippen LogP contribution >= 0.6 is 0 Å². The molecule has 3 heteroatoms. The molecule has 0 aliphatic carbocycles. The first kappa shape index (κ1) is 11.5. The molecular formula is C11H22N2O. The number of carbonyl (C=O) groups excluding carboxylic acids is 1. The molecule has 0 radical (unpaired) electrons. The molecule has 1 rings (SSSR count). The van der Waals surface area contributed by atoms with Gasteiger partial charge in [-0.1, -0.05) is 6.42 Å². The van der Waals surface area contributed by atoms with Crippen molar-refractivity contribution in [2.45, 2.75) is 38.5 Å². The SMILES string of the molecule is CNC(=O)CCCC1CCCCNC1. The van der Waals surface area contributed by atoms with Gasteiger partial charge in [0.1, 0.15) is 0 Å². The normalized spacial score (nSPS) is 22.8. The van der Waals surface area contributed by atoms with E-state index in [0.717, 1.165) is 18.9 Å². The Morgan fingerprint density at radius 3 is 3.14 bits per heavy atom. The smallest absolute Gasteiger partial charge is 0.219 e. The maximum atomic E-state index is 11.0. The van der Waals surface area contributed by atoms with E-state index in [-0.39, 0.29) is 5.91 Å². The van der Waals surface area contributed by atoms with Crippen molar-refractivity contribution in [2.24, 2.45) is 5.92 Å². The van der Waals surface area contributed by atoms with E-state index >= 15 is 0 Å². The van der Waals surface area contributed by atoms with Crippen molar-refractivity contribution in [3.05, 3.63) is 0 Å². The molecule has 82 valence electrons. The van der Waals surface area contributed by atoms with E-state index in [1.54, 1.807) is 7.05 Å². The lowest BCUT2D eigenvalue weighted by Crippen LogP contribution is -2.21. The molecule has 0 aromatic carbocycles. The summed E-state index contributed by atoms with van der Waals surface area (Å²) in [7, 11) is 1.70. The van der Waals surface area contributed by atoms with Crippen LogP contribution in [0.25, 0.3) is 0 Å². The number of hydrogen-bond acceptors (Lipinski definition) is 2. The van der Waals surface area contributed by atoms with Crippen molar-refractivity contribution in [1.29, 1.82) is 0 Å². The quantitative estimate of drug-likeness (QED) is 0.714. The Bertz CT molecular complexity index is 163. The van der Waals surface area contributed by atoms with Crippen LogP contribution in [0.2, 0.25) is 0 Å². The first-order valence-corrected chi connectivity index (χ1v) is 5.74. The Hall–Kier alpha value is -0.570. The zero-order chi connectivity index (χ0) is 10.2. The summed E-state index contributed by atoms with van der Waals surface area (Å²) in [5.41, 5.74) is 0. The summed E-state index contributed by atoms with van der Waals surface area (Å²) in [6, 6.07) is 0. The van der Waals surface area contributed by atoms with Crippen molar-refractivity contribution in [3.63, 3.8) is 0 Å². The van der Waals surface area contributed by atoms with E-state index in [2.05, 4.69) is 10.6 Å². The lowest BCUT2D eigenvalue weighted by Gasteiger charge is -2.13. The second kappa shape index (κ2) is 6.82. The van der Waals surface area contributed by atoms with Gasteiger partial charge in [0.2, 0.25) is 5.91 Å². The molecule has 1 atom stereocenters. The minimum absolute atomic E-state index is 0.173. The third-order valence-electron chi connectivity index (χ3n) is 2.94. The maximum Gasteiger partial charge on any atom is 0.219 e. The molecule has 0 saturated carbocycles. The number of nitrogens with one attached hydrogen (secondary N) is 2. The van der Waals surface area contributed by atoms with Gasteiger partial charge >= 0.3 is 0 Å². The topological polar surface area (TPSA) is 41.1 Å². The second-order valence-corrected chi connectivity index (χ2v) is 4.13. The molecule has 1 heterocycles. The highest BCUT2D eigenvalue weighted by Gasteiger charge is 2.11. The van der Waals surface area contributed by atoms with E-state index < -0.39 is 0 Å². The summed E-state index contributed by atoms with van der Waals surface area (Å²) >= 11 is 0. The van der Waals surface area contributed by atoms with Gasteiger partial charge in [0.25, 0.3) is 0 Å². The highest BCUT2D eigenvalue weighted by atomic mass is 16.1. The van der Waals surface area contributed by atoms with Crippen molar-refractivity contribution in [3.8, 4) is 0 Å². The third-order valence-corrected chi connectivity index (χ3v) is 2.94. The number of rotatable bonds is 4. The number of carbonyl (C=O) groups is 1. The monoisotopic (exact) mass is 198 g/mol. The zero-order valence-corrected chi connectivity index (χ0v) is 9.14. The molecule has 3 nitrogen and oxygen atoms in total. The molecule has 1 aliphatic rings. The number of amides is 1. The fourth-order valence-electron chi connectivity index (χ4n) is 2.01. The molecule has 0 bridgehead atoms. The van der Waals surface area contributed by atoms with E-state index in [0.29, 0.717) is 6.42 Å². The molecule has 1 fully saturated rings. The molecule has 2 N–H and O–H groups in total. The largest absolute Gasteiger partial charge is 0.359 e. The molecule has 0 aromatic heterocycles. The first-order chi connectivity index (χ1) is 6.83. The average molecular weight is 198 g/mol. The van der Waals surface area contributed by atoms with Gasteiger partial charge in [0.15, 0.2) is 0 Å². The van der Waals surface area contributed by atoms with Gasteiger partial charge in [-0.15, -0.1) is 0 Å². The molecule has 1 saturated heterocycles. The minimum atomic E-state index is 0.173. The van der Waals surface area contributed by atoms with E-state index in [4.69, 9.17) is 0 Å². The third kappa shape index (κ3) is 4.61. The average Bonchev–Trinajstić information content (AvgIpc) is 2.46. The van der Waals surface area contributed by atoms with Crippen LogP contribution in [0.5, 0.6) is 0 Å². The summed E-state index contributed by atoms with van der Waals surface area (Å²) in [6.45, 7) is 2.32. The predicted molar refractivity (Wildman–Crippen MR) is 58.1 cm³/mol. The van der Waals surface area contributed by atoms with Crippen LogP contribution in [0.1, 0.15) is 38.5 Å². The molecule has 1 amide bonds. The maximum absolute atomic E-state index is 11.0. The Morgan fingerprint density at radius 1 is 1.50 bits per heavy atom. The minimum Gasteiger partial charge on any atom is -0.359 e. The highest BCUT2D eigenvalue weighted by Crippen LogP contribution is 2.17. The van der Waals surface area contributed by atoms with Gasteiger partial charge in [-0.25, -0.2) is 0 Å². The Labute approximate surface area is 86.6 Å². The summed E-state index contributed by atoms with van der Waals surface area (Å²) < 4.78 is 0.